The van der Waals surface area contributed by atoms with Gasteiger partial charge in [-0.2, -0.15) is 0 Å². The molecule has 118 valence electrons. The summed E-state index contributed by atoms with van der Waals surface area (Å²) in [4.78, 5) is 26.3. The van der Waals surface area contributed by atoms with Gasteiger partial charge in [0.2, 0.25) is 11.8 Å². The molecule has 2 saturated heterocycles. The zero-order valence-corrected chi connectivity index (χ0v) is 14.2. The monoisotopic (exact) mass is 338 g/mol. The van der Waals surface area contributed by atoms with Crippen molar-refractivity contribution >= 4 is 35.2 Å². The van der Waals surface area contributed by atoms with Gasteiger partial charge in [-0.1, -0.05) is 29.8 Å². The summed E-state index contributed by atoms with van der Waals surface area (Å²) in [5.41, 5.74) is 0.888. The highest BCUT2D eigenvalue weighted by Crippen LogP contribution is 2.47. The van der Waals surface area contributed by atoms with Crippen LogP contribution in [-0.4, -0.2) is 33.4 Å². The molecule has 0 unspecified atom stereocenters. The van der Waals surface area contributed by atoms with Crippen LogP contribution in [0.1, 0.15) is 38.3 Å². The fourth-order valence-corrected chi connectivity index (χ4v) is 4.96. The first-order valence-corrected chi connectivity index (χ1v) is 8.80. The Hall–Kier alpha value is -1.20. The van der Waals surface area contributed by atoms with Gasteiger partial charge in [-0.25, -0.2) is 0 Å². The van der Waals surface area contributed by atoms with E-state index >= 15 is 0 Å². The summed E-state index contributed by atoms with van der Waals surface area (Å²) in [7, 11) is 0. The van der Waals surface area contributed by atoms with E-state index in [9.17, 15) is 9.59 Å². The van der Waals surface area contributed by atoms with E-state index in [0.29, 0.717) is 17.2 Å². The molecule has 2 aliphatic rings. The topological polar surface area (TPSA) is 49.4 Å². The highest BCUT2D eigenvalue weighted by Gasteiger charge is 2.52. The maximum Gasteiger partial charge on any atom is 0.244 e. The Morgan fingerprint density at radius 2 is 2.23 bits per heavy atom. The van der Waals surface area contributed by atoms with Crippen LogP contribution in [-0.2, 0) is 9.59 Å². The van der Waals surface area contributed by atoms with Gasteiger partial charge in [-0.3, -0.25) is 9.59 Å². The second-order valence-electron chi connectivity index (χ2n) is 6.02. The lowest BCUT2D eigenvalue weighted by Crippen LogP contribution is -2.50. The first-order chi connectivity index (χ1) is 10.4. The largest absolute Gasteiger partial charge is 0.348 e. The number of rotatable bonds is 3. The summed E-state index contributed by atoms with van der Waals surface area (Å²) < 4.78 is 0. The third-order valence-corrected chi connectivity index (χ3v) is 6.33. The number of fused-ring (bicyclic) bond motifs is 1. The van der Waals surface area contributed by atoms with Crippen LogP contribution in [0.5, 0.6) is 0 Å². The van der Waals surface area contributed by atoms with Crippen LogP contribution >= 0.6 is 23.4 Å². The van der Waals surface area contributed by atoms with Crippen molar-refractivity contribution in [1.29, 1.82) is 0 Å². The Labute approximate surface area is 139 Å². The molecule has 0 aliphatic carbocycles. The Balaban J connectivity index is 1.73. The third kappa shape index (κ3) is 2.61. The molecule has 0 bridgehead atoms. The van der Waals surface area contributed by atoms with Crippen molar-refractivity contribution in [3.05, 3.63) is 34.9 Å². The molecule has 2 aliphatic heterocycles. The number of nitrogens with zero attached hydrogens (tertiary/aromatic N) is 1. The van der Waals surface area contributed by atoms with Crippen LogP contribution in [0.2, 0.25) is 5.02 Å². The zero-order valence-electron chi connectivity index (χ0n) is 12.6. The van der Waals surface area contributed by atoms with E-state index in [1.54, 1.807) is 16.7 Å². The number of halogens is 1. The number of nitrogens with one attached hydrogen (secondary N) is 1. The molecule has 4 nitrogen and oxygen atoms in total. The normalized spacial score (nSPS) is 28.6. The quantitative estimate of drug-likeness (QED) is 0.921. The van der Waals surface area contributed by atoms with E-state index in [0.717, 1.165) is 12.0 Å². The van der Waals surface area contributed by atoms with Gasteiger partial charge >= 0.3 is 0 Å². The predicted molar refractivity (Wildman–Crippen MR) is 88.7 cm³/mol. The van der Waals surface area contributed by atoms with Gasteiger partial charge in [-0.05, 0) is 31.9 Å². The Morgan fingerprint density at radius 1 is 1.50 bits per heavy atom. The number of amides is 2. The Bertz CT molecular complexity index is 624. The molecule has 3 atom stereocenters. The van der Waals surface area contributed by atoms with Crippen molar-refractivity contribution in [3.63, 3.8) is 0 Å². The summed E-state index contributed by atoms with van der Waals surface area (Å²) in [6.07, 6.45) is 1.35. The van der Waals surface area contributed by atoms with Crippen LogP contribution in [0.4, 0.5) is 0 Å². The van der Waals surface area contributed by atoms with Crippen molar-refractivity contribution in [2.45, 2.75) is 43.6 Å². The zero-order chi connectivity index (χ0) is 15.9. The van der Waals surface area contributed by atoms with Crippen molar-refractivity contribution < 1.29 is 9.59 Å². The molecular weight excluding hydrogens is 320 g/mol. The SMILES string of the molecule is C[C@H](NC(=O)[C@@H]1CS[C@@]2(C)CCC(=O)N12)c1ccccc1Cl. The molecule has 1 N–H and O–H groups in total. The summed E-state index contributed by atoms with van der Waals surface area (Å²) in [5.74, 6) is 0.639. The predicted octanol–water partition coefficient (Wildman–Crippen LogP) is 2.97. The van der Waals surface area contributed by atoms with E-state index in [1.807, 2.05) is 38.1 Å². The molecule has 0 saturated carbocycles. The van der Waals surface area contributed by atoms with E-state index in [4.69, 9.17) is 11.6 Å². The molecule has 0 spiro atoms. The lowest BCUT2D eigenvalue weighted by atomic mass is 10.1. The lowest BCUT2D eigenvalue weighted by molar-refractivity contribution is -0.138. The summed E-state index contributed by atoms with van der Waals surface area (Å²) in [5, 5.41) is 3.64. The molecule has 22 heavy (non-hydrogen) atoms. The number of carbonyl (C=O) groups excluding carboxylic acids is 2. The Kier molecular flexibility index (Phi) is 4.12. The van der Waals surface area contributed by atoms with Gasteiger partial charge in [0.15, 0.2) is 0 Å². The first-order valence-electron chi connectivity index (χ1n) is 7.43. The minimum absolute atomic E-state index is 0.0815. The van der Waals surface area contributed by atoms with Crippen LogP contribution in [0.3, 0.4) is 0 Å². The molecular formula is C16H19ClN2O2S. The average Bonchev–Trinajstić information content (AvgIpc) is 2.96. The van der Waals surface area contributed by atoms with Crippen LogP contribution < -0.4 is 5.32 Å². The second-order valence-corrected chi connectivity index (χ2v) is 7.93. The van der Waals surface area contributed by atoms with E-state index in [2.05, 4.69) is 5.32 Å². The number of hydrogen-bond acceptors (Lipinski definition) is 3. The minimum atomic E-state index is -0.380. The molecule has 1 aromatic rings. The summed E-state index contributed by atoms with van der Waals surface area (Å²) in [6.45, 7) is 3.96. The van der Waals surface area contributed by atoms with Gasteiger partial charge in [-0.15, -0.1) is 11.8 Å². The van der Waals surface area contributed by atoms with Crippen molar-refractivity contribution in [2.75, 3.05) is 5.75 Å². The van der Waals surface area contributed by atoms with Gasteiger partial charge < -0.3 is 10.2 Å². The molecule has 3 rings (SSSR count). The van der Waals surface area contributed by atoms with Gasteiger partial charge in [0, 0.05) is 17.2 Å². The number of carbonyl (C=O) groups is 2. The number of hydrogen-bond donors (Lipinski definition) is 1. The molecule has 0 radical (unpaired) electrons. The van der Waals surface area contributed by atoms with Crippen molar-refractivity contribution in [3.8, 4) is 0 Å². The first kappa shape index (κ1) is 15.7. The molecule has 6 heteroatoms. The fourth-order valence-electron chi connectivity index (χ4n) is 3.23. The van der Waals surface area contributed by atoms with Crippen molar-refractivity contribution in [2.24, 2.45) is 0 Å². The maximum atomic E-state index is 12.6. The molecule has 0 aromatic heterocycles. The average molecular weight is 339 g/mol. The summed E-state index contributed by atoms with van der Waals surface area (Å²) >= 11 is 7.88. The van der Waals surface area contributed by atoms with Crippen LogP contribution in [0, 0.1) is 0 Å². The standard InChI is InChI=1S/C16H19ClN2O2S/c1-10(11-5-3-4-6-12(11)17)18-15(21)13-9-22-16(2)8-7-14(20)19(13)16/h3-6,10,13H,7-9H2,1-2H3,(H,18,21)/t10-,13-,16-/m0/s1. The molecule has 1 aromatic carbocycles. The number of thioether (sulfide) groups is 1. The van der Waals surface area contributed by atoms with Crippen LogP contribution in [0.15, 0.2) is 24.3 Å². The van der Waals surface area contributed by atoms with E-state index in [1.165, 1.54) is 0 Å². The lowest BCUT2D eigenvalue weighted by Gasteiger charge is -2.30. The van der Waals surface area contributed by atoms with Gasteiger partial charge in [0.05, 0.1) is 10.9 Å². The fraction of sp³-hybridized carbons (Fsp3) is 0.500. The number of benzene rings is 1. The maximum absolute atomic E-state index is 12.6. The molecule has 2 amide bonds. The highest BCUT2D eigenvalue weighted by atomic mass is 35.5. The Morgan fingerprint density at radius 3 is 2.95 bits per heavy atom. The molecule has 2 heterocycles. The van der Waals surface area contributed by atoms with Gasteiger partial charge in [0.25, 0.3) is 0 Å². The summed E-state index contributed by atoms with van der Waals surface area (Å²) in [6, 6.07) is 6.91. The molecule has 2 fully saturated rings. The van der Waals surface area contributed by atoms with E-state index < -0.39 is 0 Å². The van der Waals surface area contributed by atoms with E-state index in [-0.39, 0.29) is 28.8 Å². The third-order valence-electron chi connectivity index (χ3n) is 4.48. The smallest absolute Gasteiger partial charge is 0.244 e. The van der Waals surface area contributed by atoms with Crippen molar-refractivity contribution in [1.82, 2.24) is 10.2 Å². The van der Waals surface area contributed by atoms with Gasteiger partial charge in [0.1, 0.15) is 6.04 Å². The second kappa shape index (κ2) is 5.78. The minimum Gasteiger partial charge on any atom is -0.348 e. The van der Waals surface area contributed by atoms with Crippen LogP contribution in [0.25, 0.3) is 0 Å². The highest BCUT2D eigenvalue weighted by molar-refractivity contribution is 8.01.